The summed E-state index contributed by atoms with van der Waals surface area (Å²) in [5.41, 5.74) is 0.681. The second-order valence-corrected chi connectivity index (χ2v) is 3.29. The summed E-state index contributed by atoms with van der Waals surface area (Å²) in [5.74, 6) is 0.955. The van der Waals surface area contributed by atoms with Gasteiger partial charge in [-0.3, -0.25) is 0 Å². The lowest BCUT2D eigenvalue weighted by molar-refractivity contribution is -0.189. The first-order valence-electron chi connectivity index (χ1n) is 3.41. The zero-order valence-corrected chi connectivity index (χ0v) is 5.31. The first-order valence-corrected chi connectivity index (χ1v) is 3.41. The quantitative estimate of drug-likeness (QED) is 0.460. The van der Waals surface area contributed by atoms with E-state index in [1.165, 1.54) is 12.8 Å². The molecule has 0 radical (unpaired) electrons. The van der Waals surface area contributed by atoms with Crippen LogP contribution in [0, 0.1) is 11.3 Å². The van der Waals surface area contributed by atoms with E-state index in [4.69, 9.17) is 4.74 Å². The minimum Gasteiger partial charge on any atom is -0.380 e. The van der Waals surface area contributed by atoms with Crippen molar-refractivity contribution in [1.29, 1.82) is 0 Å². The Hall–Kier alpha value is -0.0400. The van der Waals surface area contributed by atoms with Gasteiger partial charge in [0.2, 0.25) is 0 Å². The van der Waals surface area contributed by atoms with E-state index in [1.807, 2.05) is 0 Å². The summed E-state index contributed by atoms with van der Waals surface area (Å²) in [4.78, 5) is 0. The SMILES string of the molecule is CC1CCC12COC2. The molecule has 1 unspecified atom stereocenters. The Labute approximate surface area is 50.0 Å². The Morgan fingerprint density at radius 2 is 2.25 bits per heavy atom. The molecule has 1 saturated carbocycles. The Kier molecular flexibility index (Phi) is 0.762. The average Bonchev–Trinajstić information content (AvgIpc) is 1.58. The summed E-state index contributed by atoms with van der Waals surface area (Å²) >= 11 is 0. The van der Waals surface area contributed by atoms with E-state index in [0.29, 0.717) is 5.41 Å². The van der Waals surface area contributed by atoms with Crippen LogP contribution in [0.1, 0.15) is 19.8 Å². The third kappa shape index (κ3) is 0.368. The van der Waals surface area contributed by atoms with E-state index in [0.717, 1.165) is 19.1 Å². The maximum atomic E-state index is 5.15. The molecule has 1 atom stereocenters. The Balaban J connectivity index is 2.03. The highest BCUT2D eigenvalue weighted by Crippen LogP contribution is 2.51. The van der Waals surface area contributed by atoms with Gasteiger partial charge in [-0.15, -0.1) is 0 Å². The van der Waals surface area contributed by atoms with Crippen molar-refractivity contribution in [3.05, 3.63) is 0 Å². The topological polar surface area (TPSA) is 9.23 Å². The number of hydrogen-bond donors (Lipinski definition) is 0. The molecule has 0 aromatic heterocycles. The molecular formula is C7H12O. The molecule has 0 bridgehead atoms. The van der Waals surface area contributed by atoms with Crippen molar-refractivity contribution >= 4 is 0 Å². The molecule has 0 amide bonds. The maximum absolute atomic E-state index is 5.15. The maximum Gasteiger partial charge on any atom is 0.0547 e. The lowest BCUT2D eigenvalue weighted by atomic mass is 9.60. The Morgan fingerprint density at radius 3 is 2.25 bits per heavy atom. The highest BCUT2D eigenvalue weighted by Gasteiger charge is 2.49. The summed E-state index contributed by atoms with van der Waals surface area (Å²) in [6, 6.07) is 0. The van der Waals surface area contributed by atoms with Crippen molar-refractivity contribution in [2.75, 3.05) is 13.2 Å². The molecule has 46 valence electrons. The molecule has 1 aliphatic carbocycles. The summed E-state index contributed by atoms with van der Waals surface area (Å²) in [6.07, 6.45) is 2.86. The van der Waals surface area contributed by atoms with Crippen molar-refractivity contribution in [2.45, 2.75) is 19.8 Å². The summed E-state index contributed by atoms with van der Waals surface area (Å²) in [6.45, 7) is 4.44. The number of ether oxygens (including phenoxy) is 1. The van der Waals surface area contributed by atoms with Gasteiger partial charge in [0.25, 0.3) is 0 Å². The highest BCUT2D eigenvalue weighted by molar-refractivity contribution is 4.97. The normalized spacial score (nSPS) is 40.9. The Morgan fingerprint density at radius 1 is 1.50 bits per heavy atom. The van der Waals surface area contributed by atoms with Crippen LogP contribution in [0.4, 0.5) is 0 Å². The van der Waals surface area contributed by atoms with Gasteiger partial charge in [0, 0.05) is 5.41 Å². The van der Waals surface area contributed by atoms with Gasteiger partial charge in [-0.25, -0.2) is 0 Å². The van der Waals surface area contributed by atoms with Gasteiger partial charge in [0.05, 0.1) is 13.2 Å². The van der Waals surface area contributed by atoms with E-state index >= 15 is 0 Å². The molecule has 0 aromatic carbocycles. The first-order chi connectivity index (χ1) is 3.83. The molecule has 2 rings (SSSR count). The molecule has 2 fully saturated rings. The van der Waals surface area contributed by atoms with Crippen molar-refractivity contribution in [3.8, 4) is 0 Å². The van der Waals surface area contributed by atoms with Crippen molar-refractivity contribution < 1.29 is 4.74 Å². The standard InChI is InChI=1S/C7H12O/c1-6-2-3-7(6)4-8-5-7/h6H,2-5H2,1H3. The van der Waals surface area contributed by atoms with Gasteiger partial charge in [0.1, 0.15) is 0 Å². The molecule has 1 heteroatoms. The van der Waals surface area contributed by atoms with Crippen LogP contribution in [-0.4, -0.2) is 13.2 Å². The van der Waals surface area contributed by atoms with Crippen LogP contribution < -0.4 is 0 Å². The highest BCUT2D eigenvalue weighted by atomic mass is 16.5. The largest absolute Gasteiger partial charge is 0.380 e. The van der Waals surface area contributed by atoms with Crippen LogP contribution in [-0.2, 0) is 4.74 Å². The van der Waals surface area contributed by atoms with E-state index in [1.54, 1.807) is 0 Å². The predicted octanol–water partition coefficient (Wildman–Crippen LogP) is 1.43. The van der Waals surface area contributed by atoms with E-state index < -0.39 is 0 Å². The van der Waals surface area contributed by atoms with Gasteiger partial charge in [-0.2, -0.15) is 0 Å². The van der Waals surface area contributed by atoms with Crippen LogP contribution >= 0.6 is 0 Å². The lowest BCUT2D eigenvalue weighted by Gasteiger charge is -2.54. The first kappa shape index (κ1) is 4.80. The van der Waals surface area contributed by atoms with Crippen LogP contribution in [0.5, 0.6) is 0 Å². The fraction of sp³-hybridized carbons (Fsp3) is 1.00. The zero-order chi connectivity index (χ0) is 5.61. The minimum atomic E-state index is 0.681. The van der Waals surface area contributed by atoms with Crippen molar-refractivity contribution in [3.63, 3.8) is 0 Å². The van der Waals surface area contributed by atoms with Gasteiger partial charge < -0.3 is 4.74 Å². The van der Waals surface area contributed by atoms with Gasteiger partial charge in [-0.05, 0) is 18.8 Å². The van der Waals surface area contributed by atoms with E-state index in [-0.39, 0.29) is 0 Å². The van der Waals surface area contributed by atoms with Crippen LogP contribution in [0.3, 0.4) is 0 Å². The summed E-state index contributed by atoms with van der Waals surface area (Å²) < 4.78 is 5.15. The number of rotatable bonds is 0. The third-order valence-corrected chi connectivity index (χ3v) is 2.90. The molecule has 1 spiro atoms. The second kappa shape index (κ2) is 1.27. The lowest BCUT2D eigenvalue weighted by Crippen LogP contribution is -2.53. The predicted molar refractivity (Wildman–Crippen MR) is 31.6 cm³/mol. The third-order valence-electron chi connectivity index (χ3n) is 2.90. The molecule has 1 nitrogen and oxygen atoms in total. The Bertz CT molecular complexity index is 99.4. The fourth-order valence-electron chi connectivity index (χ4n) is 1.63. The van der Waals surface area contributed by atoms with Crippen molar-refractivity contribution in [1.82, 2.24) is 0 Å². The molecule has 0 N–H and O–H groups in total. The van der Waals surface area contributed by atoms with Crippen LogP contribution in [0.15, 0.2) is 0 Å². The van der Waals surface area contributed by atoms with Crippen LogP contribution in [0.2, 0.25) is 0 Å². The van der Waals surface area contributed by atoms with Gasteiger partial charge >= 0.3 is 0 Å². The molecular weight excluding hydrogens is 100 g/mol. The summed E-state index contributed by atoms with van der Waals surface area (Å²) in [5, 5.41) is 0. The fourth-order valence-corrected chi connectivity index (χ4v) is 1.63. The van der Waals surface area contributed by atoms with Crippen molar-refractivity contribution in [2.24, 2.45) is 11.3 Å². The molecule has 1 saturated heterocycles. The second-order valence-electron chi connectivity index (χ2n) is 3.29. The molecule has 8 heavy (non-hydrogen) atoms. The van der Waals surface area contributed by atoms with Crippen LogP contribution in [0.25, 0.3) is 0 Å². The monoisotopic (exact) mass is 112 g/mol. The smallest absolute Gasteiger partial charge is 0.0547 e. The van der Waals surface area contributed by atoms with E-state index in [9.17, 15) is 0 Å². The molecule has 2 aliphatic rings. The zero-order valence-electron chi connectivity index (χ0n) is 5.31. The van der Waals surface area contributed by atoms with Gasteiger partial charge in [-0.1, -0.05) is 6.92 Å². The average molecular weight is 112 g/mol. The van der Waals surface area contributed by atoms with E-state index in [2.05, 4.69) is 6.92 Å². The molecule has 1 heterocycles. The summed E-state index contributed by atoms with van der Waals surface area (Å²) in [7, 11) is 0. The number of hydrogen-bond acceptors (Lipinski definition) is 1. The molecule has 1 aliphatic heterocycles. The minimum absolute atomic E-state index is 0.681. The molecule has 0 aromatic rings. The van der Waals surface area contributed by atoms with Gasteiger partial charge in [0.15, 0.2) is 0 Å².